The average molecular weight is 360 g/mol. The molecule has 0 radical (unpaired) electrons. The lowest BCUT2D eigenvalue weighted by Crippen LogP contribution is -2.21. The Hall–Kier alpha value is -2.60. The average Bonchev–Trinajstić information content (AvgIpc) is 3.41. The largest absolute Gasteiger partial charge is 0.452 e. The molecule has 1 aromatic heterocycles. The van der Waals surface area contributed by atoms with Gasteiger partial charge in [-0.05, 0) is 49.6 Å². The molecule has 2 N–H and O–H groups in total. The Kier molecular flexibility index (Phi) is 5.19. The molecule has 1 heterocycles. The van der Waals surface area contributed by atoms with Crippen molar-refractivity contribution in [2.45, 2.75) is 25.8 Å². The first-order valence-corrected chi connectivity index (χ1v) is 8.35. The maximum absolute atomic E-state index is 12.0. The minimum absolute atomic E-state index is 0.299. The number of aromatic nitrogens is 1. The summed E-state index contributed by atoms with van der Waals surface area (Å²) in [5.74, 6) is -0.302. The highest BCUT2D eigenvalue weighted by Crippen LogP contribution is 2.23. The summed E-state index contributed by atoms with van der Waals surface area (Å²) in [5, 5.41) is 6.41. The normalized spacial score (nSPS) is 13.2. The van der Waals surface area contributed by atoms with Crippen LogP contribution in [0.15, 0.2) is 36.5 Å². The summed E-state index contributed by atoms with van der Waals surface area (Å²) in [5.41, 5.74) is 1.76. The number of nitrogens with one attached hydrogen (secondary N) is 2. The molecule has 0 atom stereocenters. The summed E-state index contributed by atoms with van der Waals surface area (Å²) >= 11 is 6.00. The molecule has 1 fully saturated rings. The molecule has 0 aliphatic heterocycles. The van der Waals surface area contributed by atoms with Crippen molar-refractivity contribution < 1.29 is 14.3 Å². The van der Waals surface area contributed by atoms with E-state index in [0.717, 1.165) is 24.2 Å². The highest BCUT2D eigenvalue weighted by atomic mass is 35.5. The van der Waals surface area contributed by atoms with Gasteiger partial charge in [0, 0.05) is 22.9 Å². The van der Waals surface area contributed by atoms with E-state index in [4.69, 9.17) is 16.3 Å². The van der Waals surface area contributed by atoms with Crippen molar-refractivity contribution >= 4 is 35.0 Å². The molecule has 0 unspecified atom stereocenters. The van der Waals surface area contributed by atoms with Gasteiger partial charge >= 0.3 is 5.97 Å². The zero-order valence-electron chi connectivity index (χ0n) is 13.7. The third-order valence-corrected chi connectivity index (χ3v) is 4.13. The van der Waals surface area contributed by atoms with Gasteiger partial charge in [0.2, 0.25) is 0 Å². The van der Waals surface area contributed by atoms with E-state index in [-0.39, 0.29) is 6.61 Å². The highest BCUT2D eigenvalue weighted by Gasteiger charge is 2.21. The summed E-state index contributed by atoms with van der Waals surface area (Å²) in [6, 6.07) is 9.01. The third kappa shape index (κ3) is 4.93. The van der Waals surface area contributed by atoms with E-state index in [1.807, 2.05) is 6.92 Å². The monoisotopic (exact) mass is 359 g/mol. The van der Waals surface area contributed by atoms with Crippen LogP contribution in [0.25, 0.3) is 0 Å². The van der Waals surface area contributed by atoms with Crippen LogP contribution >= 0.6 is 11.6 Å². The van der Waals surface area contributed by atoms with E-state index in [2.05, 4.69) is 15.6 Å². The van der Waals surface area contributed by atoms with Gasteiger partial charge in [-0.25, -0.2) is 9.78 Å². The van der Waals surface area contributed by atoms with Crippen LogP contribution in [0.1, 0.15) is 28.8 Å². The number of anilines is 2. The fraction of sp³-hybridized carbons (Fsp3) is 0.278. The Morgan fingerprint density at radius 2 is 2.08 bits per heavy atom. The van der Waals surface area contributed by atoms with Crippen molar-refractivity contribution in [3.05, 3.63) is 52.7 Å². The van der Waals surface area contributed by atoms with E-state index >= 15 is 0 Å². The summed E-state index contributed by atoms with van der Waals surface area (Å²) < 4.78 is 5.00. The number of carbonyl (C=O) groups is 2. The Bertz CT molecular complexity index is 789. The summed E-state index contributed by atoms with van der Waals surface area (Å²) in [7, 11) is 0. The molecule has 6 nitrogen and oxygen atoms in total. The number of aryl methyl sites for hydroxylation is 1. The van der Waals surface area contributed by atoms with Crippen LogP contribution in [0.5, 0.6) is 0 Å². The van der Waals surface area contributed by atoms with Crippen LogP contribution in [-0.2, 0) is 9.53 Å². The Labute approximate surface area is 150 Å². The van der Waals surface area contributed by atoms with Crippen molar-refractivity contribution in [2.24, 2.45) is 0 Å². The van der Waals surface area contributed by atoms with Gasteiger partial charge in [0.05, 0.1) is 5.56 Å². The number of hydrogen-bond donors (Lipinski definition) is 2. The van der Waals surface area contributed by atoms with Crippen molar-refractivity contribution in [3.8, 4) is 0 Å². The van der Waals surface area contributed by atoms with Crippen LogP contribution < -0.4 is 10.6 Å². The van der Waals surface area contributed by atoms with Crippen molar-refractivity contribution in [1.82, 2.24) is 4.98 Å². The molecule has 1 aliphatic carbocycles. The molecule has 1 aliphatic rings. The van der Waals surface area contributed by atoms with Gasteiger partial charge in [0.15, 0.2) is 6.61 Å². The van der Waals surface area contributed by atoms with Gasteiger partial charge in [-0.3, -0.25) is 4.79 Å². The molecule has 0 saturated heterocycles. The number of pyridine rings is 1. The van der Waals surface area contributed by atoms with Gasteiger partial charge in [-0.2, -0.15) is 0 Å². The number of carbonyl (C=O) groups excluding carboxylic acids is 2. The quantitative estimate of drug-likeness (QED) is 0.772. The lowest BCUT2D eigenvalue weighted by molar-refractivity contribution is -0.119. The minimum Gasteiger partial charge on any atom is -0.452 e. The smallest absolute Gasteiger partial charge is 0.340 e. The first kappa shape index (κ1) is 17.2. The summed E-state index contributed by atoms with van der Waals surface area (Å²) in [6.45, 7) is 1.49. The Morgan fingerprint density at radius 1 is 1.28 bits per heavy atom. The molecular formula is C18H18ClN3O3. The third-order valence-electron chi connectivity index (χ3n) is 3.72. The number of amides is 1. The van der Waals surface area contributed by atoms with Crippen molar-refractivity contribution in [3.63, 3.8) is 0 Å². The standard InChI is InChI=1S/C18H18ClN3O3/c1-11-2-4-14(8-15(11)19)22-17(23)10-25-18(24)12-3-7-16(20-9-12)21-13-5-6-13/h2-4,7-9,13H,5-6,10H2,1H3,(H,20,21)(H,22,23). The molecule has 3 rings (SSSR count). The maximum Gasteiger partial charge on any atom is 0.340 e. The van der Waals surface area contributed by atoms with E-state index in [9.17, 15) is 9.59 Å². The van der Waals surface area contributed by atoms with Crippen LogP contribution in [0.4, 0.5) is 11.5 Å². The topological polar surface area (TPSA) is 80.3 Å². The molecular weight excluding hydrogens is 342 g/mol. The van der Waals surface area contributed by atoms with Crippen molar-refractivity contribution in [2.75, 3.05) is 17.2 Å². The van der Waals surface area contributed by atoms with Crippen molar-refractivity contribution in [1.29, 1.82) is 0 Å². The predicted molar refractivity (Wildman–Crippen MR) is 96.0 cm³/mol. The van der Waals surface area contributed by atoms with Crippen LogP contribution in [0.3, 0.4) is 0 Å². The van der Waals surface area contributed by atoms with Crippen LogP contribution in [-0.4, -0.2) is 29.5 Å². The molecule has 1 aromatic carbocycles. The Morgan fingerprint density at radius 3 is 2.72 bits per heavy atom. The number of nitrogens with zero attached hydrogens (tertiary/aromatic N) is 1. The summed E-state index contributed by atoms with van der Waals surface area (Å²) in [6.07, 6.45) is 3.73. The van der Waals surface area contributed by atoms with E-state index < -0.39 is 11.9 Å². The molecule has 130 valence electrons. The predicted octanol–water partition coefficient (Wildman–Crippen LogP) is 3.41. The minimum atomic E-state index is -0.595. The van der Waals surface area contributed by atoms with E-state index in [0.29, 0.717) is 22.3 Å². The number of ether oxygens (including phenoxy) is 1. The number of halogens is 1. The van der Waals surface area contributed by atoms with E-state index in [1.54, 1.807) is 30.3 Å². The van der Waals surface area contributed by atoms with Crippen LogP contribution in [0, 0.1) is 6.92 Å². The fourth-order valence-corrected chi connectivity index (χ4v) is 2.30. The van der Waals surface area contributed by atoms with Gasteiger partial charge < -0.3 is 15.4 Å². The maximum atomic E-state index is 12.0. The van der Waals surface area contributed by atoms with Gasteiger partial charge in [-0.15, -0.1) is 0 Å². The zero-order chi connectivity index (χ0) is 17.8. The number of esters is 1. The molecule has 1 saturated carbocycles. The Balaban J connectivity index is 1.48. The molecule has 0 bridgehead atoms. The highest BCUT2D eigenvalue weighted by molar-refractivity contribution is 6.31. The molecule has 7 heteroatoms. The second kappa shape index (κ2) is 7.53. The lowest BCUT2D eigenvalue weighted by atomic mass is 10.2. The second-order valence-electron chi connectivity index (χ2n) is 5.94. The first-order valence-electron chi connectivity index (χ1n) is 7.97. The number of benzene rings is 1. The first-order chi connectivity index (χ1) is 12.0. The molecule has 1 amide bonds. The van der Waals surface area contributed by atoms with E-state index in [1.165, 1.54) is 6.20 Å². The molecule has 25 heavy (non-hydrogen) atoms. The zero-order valence-corrected chi connectivity index (χ0v) is 14.5. The number of hydrogen-bond acceptors (Lipinski definition) is 5. The van der Waals surface area contributed by atoms with Gasteiger partial charge in [0.25, 0.3) is 5.91 Å². The number of rotatable bonds is 6. The molecule has 2 aromatic rings. The van der Waals surface area contributed by atoms with Gasteiger partial charge in [0.1, 0.15) is 5.82 Å². The van der Waals surface area contributed by atoms with Crippen LogP contribution in [0.2, 0.25) is 5.02 Å². The lowest BCUT2D eigenvalue weighted by Gasteiger charge is -2.08. The fourth-order valence-electron chi connectivity index (χ4n) is 2.12. The SMILES string of the molecule is Cc1ccc(NC(=O)COC(=O)c2ccc(NC3CC3)nc2)cc1Cl. The van der Waals surface area contributed by atoms with Gasteiger partial charge in [-0.1, -0.05) is 17.7 Å². The second-order valence-corrected chi connectivity index (χ2v) is 6.35. The summed E-state index contributed by atoms with van der Waals surface area (Å²) in [4.78, 5) is 28.0. The molecule has 0 spiro atoms.